The van der Waals surface area contributed by atoms with E-state index < -0.39 is 6.04 Å². The molecular weight excluding hydrogens is 376 g/mol. The van der Waals surface area contributed by atoms with E-state index in [-0.39, 0.29) is 18.4 Å². The first-order valence-corrected chi connectivity index (χ1v) is 9.90. The maximum absolute atomic E-state index is 12.8. The molecule has 3 heterocycles. The van der Waals surface area contributed by atoms with Crippen LogP contribution in [0.1, 0.15) is 15.9 Å². The maximum Gasteiger partial charge on any atom is 0.255 e. The maximum atomic E-state index is 12.8. The van der Waals surface area contributed by atoms with E-state index in [1.165, 1.54) is 6.33 Å². The lowest BCUT2D eigenvalue weighted by Gasteiger charge is -2.23. The summed E-state index contributed by atoms with van der Waals surface area (Å²) in [5.74, 6) is 1.38. The molecule has 1 aromatic carbocycles. The largest absolute Gasteiger partial charge is 0.350 e. The van der Waals surface area contributed by atoms with Gasteiger partial charge in [0.1, 0.15) is 18.7 Å². The summed E-state index contributed by atoms with van der Waals surface area (Å²) in [6.07, 6.45) is 4.65. The number of aromatic nitrogens is 4. The summed E-state index contributed by atoms with van der Waals surface area (Å²) in [7, 11) is 0. The molecule has 2 aromatic heterocycles. The highest BCUT2D eigenvalue weighted by Crippen LogP contribution is 2.23. The van der Waals surface area contributed by atoms with E-state index in [1.807, 2.05) is 24.3 Å². The van der Waals surface area contributed by atoms with Gasteiger partial charge in [-0.15, -0.1) is 11.8 Å². The van der Waals surface area contributed by atoms with Gasteiger partial charge in [-0.2, -0.15) is 5.10 Å². The van der Waals surface area contributed by atoms with Crippen molar-refractivity contribution in [2.45, 2.75) is 12.6 Å². The van der Waals surface area contributed by atoms with Crippen molar-refractivity contribution in [2.75, 3.05) is 11.6 Å². The quantitative estimate of drug-likeness (QED) is 0.705. The average Bonchev–Trinajstić information content (AvgIpc) is 3.44. The SMILES string of the molecule is O=C(NCc1cccnc1-n1cncn1)[C@H]1CSCN1C(=O)c1ccccc1. The van der Waals surface area contributed by atoms with Crippen molar-refractivity contribution >= 4 is 23.6 Å². The van der Waals surface area contributed by atoms with Crippen LogP contribution >= 0.6 is 11.8 Å². The van der Waals surface area contributed by atoms with Gasteiger partial charge in [-0.05, 0) is 18.2 Å². The summed E-state index contributed by atoms with van der Waals surface area (Å²) >= 11 is 1.57. The van der Waals surface area contributed by atoms with Crippen LogP contribution in [0.15, 0.2) is 61.3 Å². The number of carbonyl (C=O) groups is 2. The van der Waals surface area contributed by atoms with E-state index in [2.05, 4.69) is 20.4 Å². The second-order valence-corrected chi connectivity index (χ2v) is 7.20. The number of hydrogen-bond donors (Lipinski definition) is 1. The number of benzene rings is 1. The monoisotopic (exact) mass is 394 g/mol. The molecule has 0 radical (unpaired) electrons. The highest BCUT2D eigenvalue weighted by Gasteiger charge is 2.35. The van der Waals surface area contributed by atoms with E-state index in [1.54, 1.807) is 52.1 Å². The number of nitrogens with zero attached hydrogens (tertiary/aromatic N) is 5. The molecule has 28 heavy (non-hydrogen) atoms. The van der Waals surface area contributed by atoms with Gasteiger partial charge in [-0.1, -0.05) is 24.3 Å². The molecule has 0 spiro atoms. The van der Waals surface area contributed by atoms with Gasteiger partial charge in [0.05, 0.1) is 5.88 Å². The molecular formula is C19H18N6O2S. The predicted molar refractivity (Wildman–Crippen MR) is 105 cm³/mol. The molecule has 1 aliphatic rings. The van der Waals surface area contributed by atoms with Crippen LogP contribution in [0.2, 0.25) is 0 Å². The third-order valence-corrected chi connectivity index (χ3v) is 5.44. The Morgan fingerprint density at radius 3 is 2.82 bits per heavy atom. The fourth-order valence-electron chi connectivity index (χ4n) is 3.00. The van der Waals surface area contributed by atoms with Crippen LogP contribution < -0.4 is 5.32 Å². The fourth-order valence-corrected chi connectivity index (χ4v) is 4.15. The number of thioether (sulfide) groups is 1. The van der Waals surface area contributed by atoms with Gasteiger partial charge < -0.3 is 10.2 Å². The Kier molecular flexibility index (Phi) is 5.34. The normalized spacial score (nSPS) is 16.1. The van der Waals surface area contributed by atoms with Crippen LogP contribution in [0.25, 0.3) is 5.82 Å². The van der Waals surface area contributed by atoms with Crippen molar-refractivity contribution in [2.24, 2.45) is 0 Å². The molecule has 1 N–H and O–H groups in total. The summed E-state index contributed by atoms with van der Waals surface area (Å²) in [6, 6.07) is 12.2. The van der Waals surface area contributed by atoms with E-state index in [0.29, 0.717) is 23.0 Å². The van der Waals surface area contributed by atoms with Gasteiger partial charge in [-0.25, -0.2) is 14.6 Å². The van der Waals surface area contributed by atoms with E-state index in [9.17, 15) is 9.59 Å². The molecule has 4 rings (SSSR count). The third kappa shape index (κ3) is 3.74. The standard InChI is InChI=1S/C19H18N6O2S/c26-18(16-10-28-13-24(16)19(27)14-5-2-1-3-6-14)22-9-15-7-4-8-21-17(15)25-12-20-11-23-25/h1-8,11-12,16H,9-10,13H2,(H,22,26)/t16-/m1/s1. The van der Waals surface area contributed by atoms with Crippen molar-refractivity contribution in [1.82, 2.24) is 30.0 Å². The van der Waals surface area contributed by atoms with Crippen molar-refractivity contribution in [1.29, 1.82) is 0 Å². The summed E-state index contributed by atoms with van der Waals surface area (Å²) in [6.45, 7) is 0.288. The molecule has 0 aliphatic carbocycles. The van der Waals surface area contributed by atoms with Crippen LogP contribution in [-0.2, 0) is 11.3 Å². The Hall–Kier alpha value is -3.20. The molecule has 8 nitrogen and oxygen atoms in total. The summed E-state index contributed by atoms with van der Waals surface area (Å²) in [4.78, 5) is 35.4. The second kappa shape index (κ2) is 8.22. The smallest absolute Gasteiger partial charge is 0.255 e. The molecule has 0 unspecified atom stereocenters. The van der Waals surface area contributed by atoms with Gasteiger partial charge in [0, 0.05) is 29.6 Å². The van der Waals surface area contributed by atoms with Crippen molar-refractivity contribution in [3.05, 3.63) is 72.4 Å². The molecule has 2 amide bonds. The Labute approximate surface area is 166 Å². The van der Waals surface area contributed by atoms with Crippen LogP contribution in [0, 0.1) is 0 Å². The number of hydrogen-bond acceptors (Lipinski definition) is 6. The van der Waals surface area contributed by atoms with E-state index in [4.69, 9.17) is 0 Å². The highest BCUT2D eigenvalue weighted by molar-refractivity contribution is 7.99. The molecule has 1 atom stereocenters. The lowest BCUT2D eigenvalue weighted by molar-refractivity contribution is -0.124. The van der Waals surface area contributed by atoms with E-state index >= 15 is 0 Å². The Bertz CT molecular complexity index is 964. The van der Waals surface area contributed by atoms with Crippen LogP contribution in [0.4, 0.5) is 0 Å². The highest BCUT2D eigenvalue weighted by atomic mass is 32.2. The molecule has 0 saturated carbocycles. The summed E-state index contributed by atoms with van der Waals surface area (Å²) in [5.41, 5.74) is 1.40. The van der Waals surface area contributed by atoms with Crippen molar-refractivity contribution in [3.63, 3.8) is 0 Å². The zero-order valence-corrected chi connectivity index (χ0v) is 15.7. The van der Waals surface area contributed by atoms with Crippen LogP contribution in [0.5, 0.6) is 0 Å². The number of nitrogens with one attached hydrogen (secondary N) is 1. The van der Waals surface area contributed by atoms with Gasteiger partial charge in [0.2, 0.25) is 5.91 Å². The number of rotatable bonds is 5. The average molecular weight is 394 g/mol. The van der Waals surface area contributed by atoms with Gasteiger partial charge >= 0.3 is 0 Å². The summed E-state index contributed by atoms with van der Waals surface area (Å²) in [5, 5.41) is 7.03. The van der Waals surface area contributed by atoms with Gasteiger partial charge in [0.15, 0.2) is 5.82 Å². The van der Waals surface area contributed by atoms with E-state index in [0.717, 1.165) is 5.56 Å². The number of carbonyl (C=O) groups excluding carboxylic acids is 2. The third-order valence-electron chi connectivity index (χ3n) is 4.42. The Morgan fingerprint density at radius 1 is 1.18 bits per heavy atom. The minimum Gasteiger partial charge on any atom is -0.350 e. The molecule has 1 fully saturated rings. The Morgan fingerprint density at radius 2 is 2.04 bits per heavy atom. The first kappa shape index (κ1) is 18.2. The molecule has 3 aromatic rings. The molecule has 9 heteroatoms. The lowest BCUT2D eigenvalue weighted by atomic mass is 10.1. The first-order chi connectivity index (χ1) is 13.7. The molecule has 1 aliphatic heterocycles. The number of pyridine rings is 1. The van der Waals surface area contributed by atoms with Gasteiger partial charge in [0.25, 0.3) is 5.91 Å². The zero-order valence-electron chi connectivity index (χ0n) is 14.9. The van der Waals surface area contributed by atoms with Crippen LogP contribution in [0.3, 0.4) is 0 Å². The van der Waals surface area contributed by atoms with Crippen LogP contribution in [-0.4, -0.2) is 54.1 Å². The summed E-state index contributed by atoms with van der Waals surface area (Å²) < 4.78 is 1.55. The predicted octanol–water partition coefficient (Wildman–Crippen LogP) is 1.49. The zero-order chi connectivity index (χ0) is 19.3. The number of amides is 2. The molecule has 0 bridgehead atoms. The Balaban J connectivity index is 1.45. The molecule has 1 saturated heterocycles. The van der Waals surface area contributed by atoms with Gasteiger partial charge in [-0.3, -0.25) is 9.59 Å². The first-order valence-electron chi connectivity index (χ1n) is 8.74. The van der Waals surface area contributed by atoms with Crippen molar-refractivity contribution in [3.8, 4) is 5.82 Å². The fraction of sp³-hybridized carbons (Fsp3) is 0.211. The minimum absolute atomic E-state index is 0.129. The van der Waals surface area contributed by atoms with Crippen molar-refractivity contribution < 1.29 is 9.59 Å². The lowest BCUT2D eigenvalue weighted by Crippen LogP contribution is -2.47. The molecule has 142 valence electrons. The minimum atomic E-state index is -0.496. The second-order valence-electron chi connectivity index (χ2n) is 6.20. The topological polar surface area (TPSA) is 93.0 Å².